The third-order valence-electron chi connectivity index (χ3n) is 12.2. The molecule has 3 amide bonds. The lowest BCUT2D eigenvalue weighted by Crippen LogP contribution is -2.61. The highest BCUT2D eigenvalue weighted by molar-refractivity contribution is 7.09. The van der Waals surface area contributed by atoms with Crippen LogP contribution < -0.4 is 16.4 Å². The molecule has 1 aliphatic carbocycles. The quantitative estimate of drug-likeness (QED) is 0.0716. The Morgan fingerprint density at radius 3 is 2.51 bits per heavy atom. The van der Waals surface area contributed by atoms with Crippen LogP contribution in [0.4, 0.5) is 0 Å². The summed E-state index contributed by atoms with van der Waals surface area (Å²) >= 11 is 1.37. The van der Waals surface area contributed by atoms with Gasteiger partial charge in [0.05, 0.1) is 17.2 Å². The average Bonchev–Trinajstić information content (AvgIpc) is 3.65. The van der Waals surface area contributed by atoms with Gasteiger partial charge in [-0.2, -0.15) is 0 Å². The highest BCUT2D eigenvalue weighted by Crippen LogP contribution is 2.34. The number of aromatic nitrogens is 1. The molecule has 1 aromatic rings. The second-order valence-corrected chi connectivity index (χ2v) is 18.1. The van der Waals surface area contributed by atoms with E-state index in [4.69, 9.17) is 15.5 Å². The van der Waals surface area contributed by atoms with Gasteiger partial charge in [-0.1, -0.05) is 86.5 Å². The van der Waals surface area contributed by atoms with Crippen LogP contribution in [0.25, 0.3) is 0 Å². The first-order valence-electron chi connectivity index (χ1n) is 21.1. The Bertz CT molecular complexity index is 1530. The largest absolute Gasteiger partial charge is 0.444 e. The van der Waals surface area contributed by atoms with Gasteiger partial charge in [-0.15, -0.1) is 11.3 Å². The normalized spacial score (nSPS) is 22.1. The molecular formula is C43H72N6O7S. The SMILES string of the molecule is CCCC(=O)OCN(C(=O)C(NC(O)C1CCCCN1C)C(C)CC)C(CCc1nc(C(=O)NC(CC2=CC(C)C(O)C=C2)CC(C)C(N)=O)cs1)C(C)(C)CC. The molecule has 3 rings (SSSR count). The van der Waals surface area contributed by atoms with Gasteiger partial charge in [0.1, 0.15) is 11.9 Å². The van der Waals surface area contributed by atoms with E-state index in [1.54, 1.807) is 23.3 Å². The summed E-state index contributed by atoms with van der Waals surface area (Å²) in [5.41, 5.74) is 6.42. The zero-order valence-corrected chi connectivity index (χ0v) is 36.8. The second kappa shape index (κ2) is 22.8. The summed E-state index contributed by atoms with van der Waals surface area (Å²) in [6.45, 7) is 16.6. The number of likely N-dealkylation sites (N-methyl/N-ethyl adjacent to an activating group) is 1. The van der Waals surface area contributed by atoms with E-state index in [2.05, 4.69) is 36.3 Å². The Labute approximate surface area is 345 Å². The minimum Gasteiger partial charge on any atom is -0.444 e. The van der Waals surface area contributed by atoms with Gasteiger partial charge in [0.15, 0.2) is 6.73 Å². The van der Waals surface area contributed by atoms with Gasteiger partial charge in [0, 0.05) is 48.2 Å². The first-order valence-corrected chi connectivity index (χ1v) is 22.0. The first kappa shape index (κ1) is 48.2. The number of likely N-dealkylation sites (tertiary alicyclic amines) is 1. The number of allylic oxidation sites excluding steroid dienone is 1. The number of nitrogens with two attached hydrogens (primary N) is 1. The Balaban J connectivity index is 1.87. The molecule has 0 radical (unpaired) electrons. The van der Waals surface area contributed by atoms with Crippen LogP contribution in [0.5, 0.6) is 0 Å². The molecule has 9 unspecified atom stereocenters. The molecule has 1 fully saturated rings. The summed E-state index contributed by atoms with van der Waals surface area (Å²) in [5, 5.41) is 30.4. The fraction of sp³-hybridized carbons (Fsp3) is 0.744. The number of thiazole rings is 1. The van der Waals surface area contributed by atoms with Gasteiger partial charge in [0.25, 0.3) is 5.91 Å². The number of amides is 3. The molecular weight excluding hydrogens is 745 g/mol. The summed E-state index contributed by atoms with van der Waals surface area (Å²) in [4.78, 5) is 61.7. The zero-order chi connectivity index (χ0) is 42.4. The molecule has 6 N–H and O–H groups in total. The van der Waals surface area contributed by atoms with Gasteiger partial charge < -0.3 is 30.9 Å². The van der Waals surface area contributed by atoms with Crippen LogP contribution >= 0.6 is 11.3 Å². The minimum atomic E-state index is -0.911. The van der Waals surface area contributed by atoms with Crippen LogP contribution in [0.2, 0.25) is 0 Å². The number of aliphatic hydroxyl groups excluding tert-OH is 2. The molecule has 1 aromatic heterocycles. The number of primary amides is 1. The number of hydrogen-bond acceptors (Lipinski definition) is 11. The number of hydrogen-bond donors (Lipinski definition) is 5. The van der Waals surface area contributed by atoms with Crippen molar-refractivity contribution in [3.8, 4) is 0 Å². The maximum atomic E-state index is 14.9. The van der Waals surface area contributed by atoms with Crippen LogP contribution in [0, 0.1) is 23.2 Å². The lowest BCUT2D eigenvalue weighted by atomic mass is 9.78. The van der Waals surface area contributed by atoms with Crippen molar-refractivity contribution in [1.82, 2.24) is 25.4 Å². The Kier molecular flexibility index (Phi) is 19.3. The van der Waals surface area contributed by atoms with E-state index in [9.17, 15) is 29.4 Å². The van der Waals surface area contributed by atoms with E-state index >= 15 is 0 Å². The topological polar surface area (TPSA) is 187 Å². The van der Waals surface area contributed by atoms with Crippen molar-refractivity contribution in [2.75, 3.05) is 20.3 Å². The summed E-state index contributed by atoms with van der Waals surface area (Å²) in [7, 11) is 2.00. The minimum absolute atomic E-state index is 0.0699. The van der Waals surface area contributed by atoms with E-state index < -0.39 is 41.7 Å². The Morgan fingerprint density at radius 1 is 1.18 bits per heavy atom. The molecule has 0 spiro atoms. The molecule has 2 heterocycles. The summed E-state index contributed by atoms with van der Waals surface area (Å²) in [6.07, 6.45) is 11.1. The van der Waals surface area contributed by atoms with Crippen LogP contribution in [0.3, 0.4) is 0 Å². The van der Waals surface area contributed by atoms with Crippen molar-refractivity contribution in [3.05, 3.63) is 39.9 Å². The number of esters is 1. The summed E-state index contributed by atoms with van der Waals surface area (Å²) < 4.78 is 5.77. The maximum Gasteiger partial charge on any atom is 0.307 e. The molecule has 1 aliphatic heterocycles. The highest BCUT2D eigenvalue weighted by atomic mass is 32.1. The average molecular weight is 817 g/mol. The molecule has 0 saturated carbocycles. The number of piperidine rings is 1. The van der Waals surface area contributed by atoms with Crippen molar-refractivity contribution in [3.63, 3.8) is 0 Å². The number of nitrogens with zero attached hydrogens (tertiary/aromatic N) is 3. The molecule has 2 aliphatic rings. The molecule has 322 valence electrons. The fourth-order valence-corrected chi connectivity index (χ4v) is 8.51. The summed E-state index contributed by atoms with van der Waals surface area (Å²) in [5.74, 6) is -2.05. The monoisotopic (exact) mass is 817 g/mol. The lowest BCUT2D eigenvalue weighted by molar-refractivity contribution is -0.160. The van der Waals surface area contributed by atoms with E-state index in [-0.39, 0.29) is 60.5 Å². The number of aliphatic hydroxyl groups is 2. The number of aryl methyl sites for hydroxylation is 1. The molecule has 9 atom stereocenters. The Hall–Kier alpha value is -3.17. The van der Waals surface area contributed by atoms with Gasteiger partial charge in [-0.05, 0) is 75.4 Å². The van der Waals surface area contributed by atoms with Crippen LogP contribution in [0.15, 0.2) is 29.2 Å². The van der Waals surface area contributed by atoms with Crippen molar-refractivity contribution in [2.45, 2.75) is 163 Å². The second-order valence-electron chi connectivity index (χ2n) is 17.1. The van der Waals surface area contributed by atoms with E-state index in [1.165, 1.54) is 11.3 Å². The number of carbonyl (C=O) groups is 4. The molecule has 14 heteroatoms. The highest BCUT2D eigenvalue weighted by Gasteiger charge is 2.41. The van der Waals surface area contributed by atoms with E-state index in [1.807, 2.05) is 46.9 Å². The predicted octanol–water partition coefficient (Wildman–Crippen LogP) is 5.31. The fourth-order valence-electron chi connectivity index (χ4n) is 7.71. The number of ether oxygens (including phenoxy) is 1. The van der Waals surface area contributed by atoms with E-state index in [0.29, 0.717) is 38.5 Å². The van der Waals surface area contributed by atoms with Crippen LogP contribution in [-0.4, -0.2) is 106 Å². The van der Waals surface area contributed by atoms with Crippen molar-refractivity contribution in [1.29, 1.82) is 0 Å². The lowest BCUT2D eigenvalue weighted by Gasteiger charge is -2.44. The van der Waals surface area contributed by atoms with Crippen molar-refractivity contribution < 1.29 is 34.1 Å². The summed E-state index contributed by atoms with van der Waals surface area (Å²) in [6, 6.07) is -1.59. The number of nitrogens with one attached hydrogen (secondary N) is 2. The van der Waals surface area contributed by atoms with Gasteiger partial charge >= 0.3 is 5.97 Å². The predicted molar refractivity (Wildman–Crippen MR) is 225 cm³/mol. The number of carbonyl (C=O) groups excluding carboxylic acids is 4. The van der Waals surface area contributed by atoms with Crippen molar-refractivity contribution >= 4 is 35.0 Å². The standard InChI is InChI=1S/C43H72N6O7S/c1-10-15-37(51)56-26-49(42(55)38(27(4)11-2)47-41(54)33-16-13-14-21-48(33)9)35(43(7,8)12-3)19-20-36-46-32(25-57-36)40(53)45-31(23-29(6)39(44)52)24-30-17-18-34(50)28(5)22-30/h17-18,22,25,27-29,31,33-35,38,41,47,50,54H,10-16,19-21,23-24,26H2,1-9H3,(H2,44,52)(H,45,53). The zero-order valence-electron chi connectivity index (χ0n) is 36.0. The number of rotatable bonds is 23. The molecule has 57 heavy (non-hydrogen) atoms. The van der Waals surface area contributed by atoms with Crippen LogP contribution in [-0.2, 0) is 25.5 Å². The van der Waals surface area contributed by atoms with E-state index in [0.717, 1.165) is 42.8 Å². The molecule has 1 saturated heterocycles. The molecule has 0 bridgehead atoms. The third kappa shape index (κ3) is 14.3. The molecule has 0 aromatic carbocycles. The van der Waals surface area contributed by atoms with Gasteiger partial charge in [-0.3, -0.25) is 29.4 Å². The maximum absolute atomic E-state index is 14.9. The third-order valence-corrected chi connectivity index (χ3v) is 13.1. The van der Waals surface area contributed by atoms with Gasteiger partial charge in [0.2, 0.25) is 11.8 Å². The Morgan fingerprint density at radius 2 is 1.89 bits per heavy atom. The molecule has 13 nitrogen and oxygen atoms in total. The van der Waals surface area contributed by atoms with Crippen LogP contribution in [0.1, 0.15) is 135 Å². The smallest absolute Gasteiger partial charge is 0.307 e. The van der Waals surface area contributed by atoms with Gasteiger partial charge in [-0.25, -0.2) is 4.98 Å². The van der Waals surface area contributed by atoms with Crippen molar-refractivity contribution in [2.24, 2.45) is 28.9 Å². The first-order chi connectivity index (χ1) is 26.9.